The van der Waals surface area contributed by atoms with Gasteiger partial charge in [-0.15, -0.1) is 0 Å². The molecule has 0 bridgehead atoms. The van der Waals surface area contributed by atoms with Crippen molar-refractivity contribution in [1.29, 1.82) is 0 Å². The quantitative estimate of drug-likeness (QED) is 0.657. The van der Waals surface area contributed by atoms with Crippen LogP contribution < -0.4 is 4.74 Å². The minimum atomic E-state index is -1.46. The summed E-state index contributed by atoms with van der Waals surface area (Å²) in [6, 6.07) is 9.82. The van der Waals surface area contributed by atoms with Crippen molar-refractivity contribution in [3.05, 3.63) is 41.5 Å². The average molecular weight is 334 g/mol. The normalized spacial score (nSPS) is 30.5. The summed E-state index contributed by atoms with van der Waals surface area (Å²) in [5.74, 6) is 0.515. The number of aryl methyl sites for hydroxylation is 2. The number of aliphatic hydroxyl groups excluding tert-OH is 4. The monoisotopic (exact) mass is 334 g/mol. The first kappa shape index (κ1) is 17.1. The Morgan fingerprint density at radius 3 is 2.46 bits per heavy atom. The summed E-state index contributed by atoms with van der Waals surface area (Å²) in [7, 11) is 0. The number of hydrogen-bond acceptors (Lipinski definition) is 6. The molecule has 2 aromatic carbocycles. The van der Waals surface area contributed by atoms with Crippen LogP contribution in [0.15, 0.2) is 30.3 Å². The van der Waals surface area contributed by atoms with Gasteiger partial charge in [0.15, 0.2) is 0 Å². The maximum absolute atomic E-state index is 10.1. The predicted octanol–water partition coefficient (Wildman–Crippen LogP) is 0.635. The van der Waals surface area contributed by atoms with Gasteiger partial charge in [-0.05, 0) is 47.9 Å². The largest absolute Gasteiger partial charge is 0.462 e. The minimum absolute atomic E-state index is 0.485. The highest BCUT2D eigenvalue weighted by Crippen LogP contribution is 2.31. The van der Waals surface area contributed by atoms with Crippen molar-refractivity contribution in [1.82, 2.24) is 0 Å². The van der Waals surface area contributed by atoms with Gasteiger partial charge in [0.2, 0.25) is 6.29 Å². The maximum atomic E-state index is 10.1. The van der Waals surface area contributed by atoms with Crippen molar-refractivity contribution in [2.45, 2.75) is 44.6 Å². The molecule has 0 aliphatic carbocycles. The van der Waals surface area contributed by atoms with Crippen molar-refractivity contribution in [3.63, 3.8) is 0 Å². The van der Waals surface area contributed by atoms with Crippen molar-refractivity contribution >= 4 is 10.8 Å². The van der Waals surface area contributed by atoms with Crippen molar-refractivity contribution in [3.8, 4) is 5.75 Å². The van der Waals surface area contributed by atoms with Gasteiger partial charge in [0.1, 0.15) is 30.2 Å². The Bertz CT molecular complexity index is 729. The van der Waals surface area contributed by atoms with E-state index in [1.165, 1.54) is 0 Å². The molecule has 130 valence electrons. The van der Waals surface area contributed by atoms with E-state index in [0.29, 0.717) is 5.75 Å². The molecule has 0 aromatic heterocycles. The van der Waals surface area contributed by atoms with E-state index in [4.69, 9.17) is 9.47 Å². The Balaban J connectivity index is 1.91. The third-order valence-electron chi connectivity index (χ3n) is 4.49. The summed E-state index contributed by atoms with van der Waals surface area (Å²) in [6.07, 6.45) is -6.44. The first-order chi connectivity index (χ1) is 11.4. The fourth-order valence-corrected chi connectivity index (χ4v) is 2.99. The van der Waals surface area contributed by atoms with E-state index in [0.717, 1.165) is 21.9 Å². The zero-order valence-corrected chi connectivity index (χ0v) is 13.6. The molecule has 1 saturated heterocycles. The third-order valence-corrected chi connectivity index (χ3v) is 4.49. The highest BCUT2D eigenvalue weighted by molar-refractivity contribution is 5.87. The fourth-order valence-electron chi connectivity index (χ4n) is 2.99. The lowest BCUT2D eigenvalue weighted by molar-refractivity contribution is -0.277. The van der Waals surface area contributed by atoms with E-state index in [-0.39, 0.29) is 0 Å². The molecule has 1 heterocycles. The number of ether oxygens (including phenoxy) is 2. The summed E-state index contributed by atoms with van der Waals surface area (Å²) < 4.78 is 11.2. The van der Waals surface area contributed by atoms with Gasteiger partial charge in [0.25, 0.3) is 0 Å². The average Bonchev–Trinajstić information content (AvgIpc) is 2.56. The van der Waals surface area contributed by atoms with Crippen molar-refractivity contribution in [2.24, 2.45) is 0 Å². The molecule has 24 heavy (non-hydrogen) atoms. The molecule has 5 atom stereocenters. The number of hydrogen-bond donors (Lipinski definition) is 4. The van der Waals surface area contributed by atoms with Crippen LogP contribution >= 0.6 is 0 Å². The van der Waals surface area contributed by atoms with Crippen LogP contribution in [0.1, 0.15) is 11.1 Å². The molecule has 0 radical (unpaired) electrons. The SMILES string of the molecule is Cc1cc2cccc(C)c2cc1O[C@H]1O[C@H](CO)[C@H](O)[C@H](O)[C@H]1O. The summed E-state index contributed by atoms with van der Waals surface area (Å²) >= 11 is 0. The molecule has 0 saturated carbocycles. The second-order valence-corrected chi connectivity index (χ2v) is 6.23. The van der Waals surface area contributed by atoms with E-state index >= 15 is 0 Å². The van der Waals surface area contributed by atoms with Gasteiger partial charge >= 0.3 is 0 Å². The Morgan fingerprint density at radius 1 is 1.00 bits per heavy atom. The van der Waals surface area contributed by atoms with Gasteiger partial charge in [-0.3, -0.25) is 0 Å². The fraction of sp³-hybridized carbons (Fsp3) is 0.444. The van der Waals surface area contributed by atoms with E-state index in [1.54, 1.807) is 0 Å². The number of rotatable bonds is 3. The molecular formula is C18H22O6. The van der Waals surface area contributed by atoms with Gasteiger partial charge in [0, 0.05) is 0 Å². The molecule has 1 aliphatic heterocycles. The summed E-state index contributed by atoms with van der Waals surface area (Å²) in [4.78, 5) is 0. The summed E-state index contributed by atoms with van der Waals surface area (Å²) in [6.45, 7) is 3.39. The first-order valence-electron chi connectivity index (χ1n) is 7.89. The van der Waals surface area contributed by atoms with Crippen LogP contribution in [-0.2, 0) is 4.74 Å². The highest BCUT2D eigenvalue weighted by Gasteiger charge is 2.44. The Hall–Kier alpha value is -1.70. The van der Waals surface area contributed by atoms with E-state index < -0.39 is 37.3 Å². The van der Waals surface area contributed by atoms with Crippen molar-refractivity contribution < 1.29 is 29.9 Å². The van der Waals surface area contributed by atoms with Crippen LogP contribution in [0.25, 0.3) is 10.8 Å². The lowest BCUT2D eigenvalue weighted by Crippen LogP contribution is -2.60. The zero-order valence-electron chi connectivity index (χ0n) is 13.6. The first-order valence-corrected chi connectivity index (χ1v) is 7.89. The van der Waals surface area contributed by atoms with Crippen LogP contribution in [0, 0.1) is 13.8 Å². The molecule has 3 rings (SSSR count). The Labute approximate surface area is 139 Å². The van der Waals surface area contributed by atoms with Gasteiger partial charge in [0.05, 0.1) is 6.61 Å². The van der Waals surface area contributed by atoms with E-state index in [9.17, 15) is 20.4 Å². The lowest BCUT2D eigenvalue weighted by atomic mass is 9.99. The van der Waals surface area contributed by atoms with Crippen molar-refractivity contribution in [2.75, 3.05) is 6.61 Å². The molecule has 6 heteroatoms. The highest BCUT2D eigenvalue weighted by atomic mass is 16.7. The zero-order chi connectivity index (χ0) is 17.4. The topological polar surface area (TPSA) is 99.4 Å². The molecule has 1 fully saturated rings. The molecule has 0 unspecified atom stereocenters. The smallest absolute Gasteiger partial charge is 0.229 e. The van der Waals surface area contributed by atoms with Gasteiger partial charge < -0.3 is 29.9 Å². The second-order valence-electron chi connectivity index (χ2n) is 6.23. The summed E-state index contributed by atoms with van der Waals surface area (Å²) in [5.41, 5.74) is 1.94. The lowest BCUT2D eigenvalue weighted by Gasteiger charge is -2.39. The van der Waals surface area contributed by atoms with Crippen LogP contribution in [0.5, 0.6) is 5.75 Å². The van der Waals surface area contributed by atoms with Gasteiger partial charge in [-0.2, -0.15) is 0 Å². The Kier molecular flexibility index (Phi) is 4.76. The molecule has 2 aromatic rings. The number of fused-ring (bicyclic) bond motifs is 1. The molecule has 0 spiro atoms. The van der Waals surface area contributed by atoms with Crippen LogP contribution in [0.2, 0.25) is 0 Å². The van der Waals surface area contributed by atoms with Crippen LogP contribution in [0.4, 0.5) is 0 Å². The standard InChI is InChI=1S/C18H22O6/c1-9-4-3-5-11-6-10(2)13(7-12(9)11)23-18-17(22)16(21)15(20)14(8-19)24-18/h3-7,14-22H,8H2,1-2H3/t14-,15+,16+,17-,18+/m1/s1. The molecule has 0 amide bonds. The third kappa shape index (κ3) is 2.99. The van der Waals surface area contributed by atoms with Crippen LogP contribution in [-0.4, -0.2) is 57.7 Å². The number of aliphatic hydroxyl groups is 4. The van der Waals surface area contributed by atoms with E-state index in [2.05, 4.69) is 0 Å². The molecule has 6 nitrogen and oxygen atoms in total. The maximum Gasteiger partial charge on any atom is 0.229 e. The van der Waals surface area contributed by atoms with E-state index in [1.807, 2.05) is 44.2 Å². The predicted molar refractivity (Wildman–Crippen MR) is 87.8 cm³/mol. The molecule has 1 aliphatic rings. The Morgan fingerprint density at radius 2 is 1.75 bits per heavy atom. The van der Waals surface area contributed by atoms with Gasteiger partial charge in [-0.1, -0.05) is 18.2 Å². The van der Waals surface area contributed by atoms with Crippen LogP contribution in [0.3, 0.4) is 0 Å². The molecule has 4 N–H and O–H groups in total. The minimum Gasteiger partial charge on any atom is -0.462 e. The van der Waals surface area contributed by atoms with Gasteiger partial charge in [-0.25, -0.2) is 0 Å². The second kappa shape index (κ2) is 6.66. The summed E-state index contributed by atoms with van der Waals surface area (Å²) in [5, 5.41) is 41.1. The molecular weight excluding hydrogens is 312 g/mol. The number of benzene rings is 2.